The van der Waals surface area contributed by atoms with Crippen LogP contribution in [-0.2, 0) is 4.79 Å². The normalized spacial score (nSPS) is 10.8. The molecule has 0 aliphatic heterocycles. The number of hydrogen-bond acceptors (Lipinski definition) is 3. The van der Waals surface area contributed by atoms with Crippen molar-refractivity contribution >= 4 is 28.4 Å². The Morgan fingerprint density at radius 2 is 1.89 bits per heavy atom. The second-order valence-corrected chi connectivity index (χ2v) is 6.18. The third kappa shape index (κ3) is 4.20. The van der Waals surface area contributed by atoms with Crippen molar-refractivity contribution in [2.24, 2.45) is 0 Å². The topological polar surface area (TPSA) is 62.1 Å². The molecule has 136 valence electrons. The van der Waals surface area contributed by atoms with E-state index in [2.05, 4.69) is 11.2 Å². The van der Waals surface area contributed by atoms with Crippen LogP contribution in [0.2, 0.25) is 0 Å². The Bertz CT molecular complexity index is 1130. The Morgan fingerprint density at radius 1 is 1.14 bits per heavy atom. The van der Waals surface area contributed by atoms with Gasteiger partial charge in [-0.2, -0.15) is 5.26 Å². The van der Waals surface area contributed by atoms with Gasteiger partial charge in [-0.05, 0) is 42.0 Å². The quantitative estimate of drug-likeness (QED) is 0.404. The van der Waals surface area contributed by atoms with E-state index in [-0.39, 0.29) is 12.2 Å². The summed E-state index contributed by atoms with van der Waals surface area (Å²) < 4.78 is 5.63. The lowest BCUT2D eigenvalue weighted by molar-refractivity contribution is -0.112. The highest BCUT2D eigenvalue weighted by atomic mass is 16.5. The van der Waals surface area contributed by atoms with Gasteiger partial charge in [-0.1, -0.05) is 53.9 Å². The molecular formula is C24H18N2O2. The number of rotatable bonds is 5. The number of nitriles is 1. The van der Waals surface area contributed by atoms with E-state index < -0.39 is 5.91 Å². The van der Waals surface area contributed by atoms with Gasteiger partial charge in [0.05, 0.1) is 0 Å². The zero-order valence-corrected chi connectivity index (χ0v) is 15.4. The van der Waals surface area contributed by atoms with E-state index in [1.807, 2.05) is 55.5 Å². The summed E-state index contributed by atoms with van der Waals surface area (Å²) in [5, 5.41) is 14.2. The van der Waals surface area contributed by atoms with Crippen LogP contribution in [0.3, 0.4) is 0 Å². The summed E-state index contributed by atoms with van der Waals surface area (Å²) in [7, 11) is 0. The molecule has 0 heterocycles. The number of hydrogen-bond donors (Lipinski definition) is 1. The van der Waals surface area contributed by atoms with Crippen LogP contribution < -0.4 is 10.1 Å². The molecule has 3 rings (SSSR count). The molecule has 0 aliphatic rings. The molecule has 0 saturated carbocycles. The number of anilines is 1. The molecule has 0 radical (unpaired) electrons. The maximum atomic E-state index is 12.6. The van der Waals surface area contributed by atoms with Gasteiger partial charge in [0.2, 0.25) is 0 Å². The Balaban J connectivity index is 2.02. The lowest BCUT2D eigenvalue weighted by Crippen LogP contribution is -2.13. The van der Waals surface area contributed by atoms with Gasteiger partial charge in [-0.3, -0.25) is 4.79 Å². The predicted molar refractivity (Wildman–Crippen MR) is 112 cm³/mol. The lowest BCUT2D eigenvalue weighted by Gasteiger charge is -2.11. The molecule has 1 N–H and O–H groups in total. The fraction of sp³-hybridized carbons (Fsp3) is 0.0833. The van der Waals surface area contributed by atoms with Crippen LogP contribution in [0.15, 0.2) is 66.2 Å². The van der Waals surface area contributed by atoms with E-state index in [4.69, 9.17) is 11.2 Å². The summed E-state index contributed by atoms with van der Waals surface area (Å²) in [6, 6.07) is 20.7. The van der Waals surface area contributed by atoms with Crippen molar-refractivity contribution in [2.45, 2.75) is 6.92 Å². The van der Waals surface area contributed by atoms with Crippen molar-refractivity contribution in [2.75, 3.05) is 11.9 Å². The van der Waals surface area contributed by atoms with Crippen molar-refractivity contribution in [3.63, 3.8) is 0 Å². The molecule has 0 saturated heterocycles. The smallest absolute Gasteiger partial charge is 0.266 e. The van der Waals surface area contributed by atoms with E-state index in [0.717, 1.165) is 16.3 Å². The van der Waals surface area contributed by atoms with Crippen LogP contribution in [0, 0.1) is 30.6 Å². The van der Waals surface area contributed by atoms with Crippen molar-refractivity contribution in [3.05, 3.63) is 77.4 Å². The van der Waals surface area contributed by atoms with Gasteiger partial charge in [-0.25, -0.2) is 0 Å². The highest BCUT2D eigenvalue weighted by Gasteiger charge is 2.13. The van der Waals surface area contributed by atoms with E-state index in [1.54, 1.807) is 18.2 Å². The van der Waals surface area contributed by atoms with Gasteiger partial charge in [0, 0.05) is 11.3 Å². The average molecular weight is 366 g/mol. The first-order valence-corrected chi connectivity index (χ1v) is 8.70. The first kappa shape index (κ1) is 18.8. The van der Waals surface area contributed by atoms with Crippen molar-refractivity contribution < 1.29 is 9.53 Å². The lowest BCUT2D eigenvalue weighted by atomic mass is 10.0. The van der Waals surface area contributed by atoms with Crippen LogP contribution in [0.5, 0.6) is 5.75 Å². The third-order valence-corrected chi connectivity index (χ3v) is 4.20. The summed E-state index contributed by atoms with van der Waals surface area (Å²) in [6.45, 7) is 2.06. The molecule has 4 nitrogen and oxygen atoms in total. The van der Waals surface area contributed by atoms with Crippen molar-refractivity contribution in [1.29, 1.82) is 5.26 Å². The number of amides is 1. The van der Waals surface area contributed by atoms with Crippen LogP contribution in [0.4, 0.5) is 5.69 Å². The number of ether oxygens (including phenoxy) is 1. The molecule has 4 heteroatoms. The van der Waals surface area contributed by atoms with Crippen molar-refractivity contribution in [3.8, 4) is 24.2 Å². The maximum Gasteiger partial charge on any atom is 0.266 e. The summed E-state index contributed by atoms with van der Waals surface area (Å²) >= 11 is 0. The Kier molecular flexibility index (Phi) is 5.75. The summed E-state index contributed by atoms with van der Waals surface area (Å²) in [5.74, 6) is 2.47. The second kappa shape index (κ2) is 8.58. The molecule has 0 bridgehead atoms. The molecule has 0 atom stereocenters. The van der Waals surface area contributed by atoms with Gasteiger partial charge in [-0.15, -0.1) is 6.42 Å². The molecule has 0 aromatic heterocycles. The first-order valence-electron chi connectivity index (χ1n) is 8.70. The number of carbonyl (C=O) groups is 1. The minimum Gasteiger partial charge on any atom is -0.480 e. The number of aryl methyl sites for hydroxylation is 1. The number of carbonyl (C=O) groups excluding carboxylic acids is 1. The molecular weight excluding hydrogens is 348 g/mol. The van der Waals surface area contributed by atoms with E-state index >= 15 is 0 Å². The van der Waals surface area contributed by atoms with Gasteiger partial charge in [0.1, 0.15) is 24.0 Å². The zero-order chi connectivity index (χ0) is 19.9. The van der Waals surface area contributed by atoms with Crippen LogP contribution in [0.25, 0.3) is 16.8 Å². The number of nitrogens with zero attached hydrogens (tertiary/aromatic N) is 1. The van der Waals surface area contributed by atoms with E-state index in [0.29, 0.717) is 17.0 Å². The summed E-state index contributed by atoms with van der Waals surface area (Å²) in [5.41, 5.74) is 2.32. The fourth-order valence-electron chi connectivity index (χ4n) is 2.80. The largest absolute Gasteiger partial charge is 0.480 e. The van der Waals surface area contributed by atoms with Gasteiger partial charge < -0.3 is 10.1 Å². The number of nitrogens with one attached hydrogen (secondary N) is 1. The van der Waals surface area contributed by atoms with E-state index in [9.17, 15) is 10.1 Å². The molecule has 3 aromatic rings. The number of fused-ring (bicyclic) bond motifs is 1. The SMILES string of the molecule is C#CCOc1ccc2ccccc2c1/C=C(\C#N)C(=O)Nc1ccc(C)cc1. The van der Waals surface area contributed by atoms with Crippen LogP contribution in [0.1, 0.15) is 11.1 Å². The van der Waals surface area contributed by atoms with Gasteiger partial charge in [0.25, 0.3) is 5.91 Å². The summed E-state index contributed by atoms with van der Waals surface area (Å²) in [6.07, 6.45) is 6.84. The molecule has 0 spiro atoms. The number of benzene rings is 3. The average Bonchev–Trinajstić information content (AvgIpc) is 2.72. The van der Waals surface area contributed by atoms with Gasteiger partial charge >= 0.3 is 0 Å². The Hall–Kier alpha value is -4.02. The molecule has 28 heavy (non-hydrogen) atoms. The Morgan fingerprint density at radius 3 is 2.61 bits per heavy atom. The molecule has 1 amide bonds. The standard InChI is InChI=1S/C24H18N2O2/c1-3-14-28-23-13-10-18-6-4-5-7-21(18)22(23)15-19(16-25)24(27)26-20-11-8-17(2)9-12-20/h1,4-13,15H,14H2,2H3,(H,26,27)/b19-15+. The second-order valence-electron chi connectivity index (χ2n) is 6.18. The van der Waals surface area contributed by atoms with Crippen molar-refractivity contribution in [1.82, 2.24) is 0 Å². The third-order valence-electron chi connectivity index (χ3n) is 4.20. The highest BCUT2D eigenvalue weighted by Crippen LogP contribution is 2.30. The molecule has 0 fully saturated rings. The maximum absolute atomic E-state index is 12.6. The Labute approximate surface area is 164 Å². The molecule has 3 aromatic carbocycles. The molecule has 0 unspecified atom stereocenters. The fourth-order valence-corrected chi connectivity index (χ4v) is 2.80. The number of terminal acetylenes is 1. The van der Waals surface area contributed by atoms with Gasteiger partial charge in [0.15, 0.2) is 0 Å². The monoisotopic (exact) mass is 366 g/mol. The zero-order valence-electron chi connectivity index (χ0n) is 15.4. The highest BCUT2D eigenvalue weighted by molar-refractivity contribution is 6.11. The minimum absolute atomic E-state index is 0.0255. The van der Waals surface area contributed by atoms with Crippen LogP contribution >= 0.6 is 0 Å². The summed E-state index contributed by atoms with van der Waals surface area (Å²) in [4.78, 5) is 12.6. The molecule has 0 aliphatic carbocycles. The van der Waals surface area contributed by atoms with E-state index in [1.165, 1.54) is 6.08 Å². The minimum atomic E-state index is -0.484. The van der Waals surface area contributed by atoms with Crippen LogP contribution in [-0.4, -0.2) is 12.5 Å². The predicted octanol–water partition coefficient (Wildman–Crippen LogP) is 4.71. The first-order chi connectivity index (χ1) is 13.6.